The Labute approximate surface area is 117 Å². The average molecular weight is 261 g/mol. The molecule has 3 heteroatoms. The van der Waals surface area contributed by atoms with Crippen LogP contribution < -0.4 is 5.32 Å². The Morgan fingerprint density at radius 1 is 1.37 bits per heavy atom. The highest BCUT2D eigenvalue weighted by Crippen LogP contribution is 2.20. The Balaban J connectivity index is 1.97. The van der Waals surface area contributed by atoms with Crippen molar-refractivity contribution in [2.45, 2.75) is 46.1 Å². The molecule has 0 aromatic carbocycles. The largest absolute Gasteiger partial charge is 0.370 e. The molecule has 19 heavy (non-hydrogen) atoms. The Hall–Kier alpha value is -1.09. The van der Waals surface area contributed by atoms with Gasteiger partial charge in [-0.05, 0) is 50.8 Å². The summed E-state index contributed by atoms with van der Waals surface area (Å²) in [4.78, 5) is 7.06. The first-order valence-electron chi connectivity index (χ1n) is 7.69. The van der Waals surface area contributed by atoms with Crippen LogP contribution in [0.15, 0.2) is 18.3 Å². The van der Waals surface area contributed by atoms with Gasteiger partial charge in [0, 0.05) is 24.8 Å². The number of nitrogens with one attached hydrogen (secondary N) is 1. The van der Waals surface area contributed by atoms with Gasteiger partial charge in [0.25, 0.3) is 0 Å². The summed E-state index contributed by atoms with van der Waals surface area (Å²) in [7, 11) is 0. The van der Waals surface area contributed by atoms with Crippen molar-refractivity contribution in [1.29, 1.82) is 0 Å². The average Bonchev–Trinajstić information content (AvgIpc) is 2.63. The molecular formula is C16H27N3. The summed E-state index contributed by atoms with van der Waals surface area (Å²) in [5.41, 5.74) is 1.34. The van der Waals surface area contributed by atoms with E-state index in [-0.39, 0.29) is 0 Å². The van der Waals surface area contributed by atoms with Crippen molar-refractivity contribution in [3.05, 3.63) is 23.9 Å². The van der Waals surface area contributed by atoms with Gasteiger partial charge in [0.1, 0.15) is 5.82 Å². The zero-order valence-corrected chi connectivity index (χ0v) is 12.4. The minimum Gasteiger partial charge on any atom is -0.370 e. The molecule has 0 amide bonds. The lowest BCUT2D eigenvalue weighted by molar-refractivity contribution is 0.274. The van der Waals surface area contributed by atoms with Gasteiger partial charge in [-0.2, -0.15) is 0 Å². The smallest absolute Gasteiger partial charge is 0.130 e. The van der Waals surface area contributed by atoms with Crippen molar-refractivity contribution in [3.63, 3.8) is 0 Å². The Kier molecular flexibility index (Phi) is 5.64. The molecule has 1 aliphatic rings. The van der Waals surface area contributed by atoms with Crippen LogP contribution >= 0.6 is 0 Å². The van der Waals surface area contributed by atoms with Crippen molar-refractivity contribution >= 4 is 5.82 Å². The van der Waals surface area contributed by atoms with Gasteiger partial charge in [0.15, 0.2) is 0 Å². The Morgan fingerprint density at radius 3 is 3.11 bits per heavy atom. The van der Waals surface area contributed by atoms with Gasteiger partial charge >= 0.3 is 0 Å². The summed E-state index contributed by atoms with van der Waals surface area (Å²) < 4.78 is 0. The Bertz CT molecular complexity index is 378. The lowest BCUT2D eigenvalue weighted by Crippen LogP contribution is -2.25. The number of nitrogens with zero attached hydrogens (tertiary/aromatic N) is 2. The van der Waals surface area contributed by atoms with E-state index >= 15 is 0 Å². The number of pyridine rings is 1. The molecule has 1 N–H and O–H groups in total. The maximum Gasteiger partial charge on any atom is 0.130 e. The highest BCUT2D eigenvalue weighted by atomic mass is 15.1. The van der Waals surface area contributed by atoms with Crippen LogP contribution in [0.5, 0.6) is 0 Å². The summed E-state index contributed by atoms with van der Waals surface area (Å²) in [6.45, 7) is 9.05. The summed E-state index contributed by atoms with van der Waals surface area (Å²) in [5, 5.41) is 3.44. The lowest BCUT2D eigenvalue weighted by atomic mass is 10.0. The predicted octanol–water partition coefficient (Wildman–Crippen LogP) is 3.53. The molecule has 1 saturated heterocycles. The van der Waals surface area contributed by atoms with E-state index in [1.165, 1.54) is 37.9 Å². The van der Waals surface area contributed by atoms with Crippen LogP contribution in [0, 0.1) is 5.92 Å². The fourth-order valence-electron chi connectivity index (χ4n) is 2.69. The molecule has 0 aliphatic carbocycles. The molecule has 0 spiro atoms. The van der Waals surface area contributed by atoms with Crippen LogP contribution in [0.3, 0.4) is 0 Å². The first-order chi connectivity index (χ1) is 9.29. The van der Waals surface area contributed by atoms with Crippen molar-refractivity contribution in [2.75, 3.05) is 25.0 Å². The second kappa shape index (κ2) is 7.49. The summed E-state index contributed by atoms with van der Waals surface area (Å²) in [5.74, 6) is 1.96. The van der Waals surface area contributed by atoms with Gasteiger partial charge in [-0.3, -0.25) is 4.90 Å². The fourth-order valence-corrected chi connectivity index (χ4v) is 2.69. The first kappa shape index (κ1) is 14.3. The van der Waals surface area contributed by atoms with Gasteiger partial charge in [-0.1, -0.05) is 19.9 Å². The highest BCUT2D eigenvalue weighted by Gasteiger charge is 2.15. The molecule has 1 aromatic heterocycles. The molecule has 1 atom stereocenters. The second-order valence-corrected chi connectivity index (χ2v) is 5.75. The van der Waals surface area contributed by atoms with Crippen LogP contribution in [0.4, 0.5) is 5.82 Å². The maximum atomic E-state index is 4.48. The van der Waals surface area contributed by atoms with E-state index in [4.69, 9.17) is 0 Å². The SMILES string of the molecule is CCCNc1ncccc1CN1CCCC(C)CC1. The minimum absolute atomic E-state index is 0.886. The van der Waals surface area contributed by atoms with Crippen LogP contribution in [0.2, 0.25) is 0 Å². The highest BCUT2D eigenvalue weighted by molar-refractivity contribution is 5.43. The van der Waals surface area contributed by atoms with Crippen molar-refractivity contribution in [2.24, 2.45) is 5.92 Å². The second-order valence-electron chi connectivity index (χ2n) is 5.75. The third-order valence-corrected chi connectivity index (χ3v) is 3.94. The third kappa shape index (κ3) is 4.50. The predicted molar refractivity (Wildman–Crippen MR) is 81.3 cm³/mol. The van der Waals surface area contributed by atoms with E-state index in [1.54, 1.807) is 0 Å². The third-order valence-electron chi connectivity index (χ3n) is 3.94. The molecule has 1 aromatic rings. The normalized spacial score (nSPS) is 21.1. The van der Waals surface area contributed by atoms with E-state index in [2.05, 4.69) is 35.1 Å². The summed E-state index contributed by atoms with van der Waals surface area (Å²) >= 11 is 0. The van der Waals surface area contributed by atoms with Gasteiger partial charge in [0.2, 0.25) is 0 Å². The van der Waals surface area contributed by atoms with E-state index in [0.717, 1.165) is 31.2 Å². The number of aromatic nitrogens is 1. The molecule has 0 bridgehead atoms. The lowest BCUT2D eigenvalue weighted by Gasteiger charge is -2.21. The number of hydrogen-bond acceptors (Lipinski definition) is 3. The molecule has 0 radical (unpaired) electrons. The van der Waals surface area contributed by atoms with E-state index in [9.17, 15) is 0 Å². The molecule has 0 saturated carbocycles. The van der Waals surface area contributed by atoms with E-state index in [0.29, 0.717) is 0 Å². The number of hydrogen-bond donors (Lipinski definition) is 1. The molecule has 2 rings (SSSR count). The molecule has 1 unspecified atom stereocenters. The van der Waals surface area contributed by atoms with Crippen LogP contribution in [0.25, 0.3) is 0 Å². The van der Waals surface area contributed by atoms with E-state index < -0.39 is 0 Å². The topological polar surface area (TPSA) is 28.2 Å². The molecule has 1 fully saturated rings. The molecule has 2 heterocycles. The monoisotopic (exact) mass is 261 g/mol. The van der Waals surface area contributed by atoms with Gasteiger partial charge in [-0.15, -0.1) is 0 Å². The first-order valence-corrected chi connectivity index (χ1v) is 7.69. The number of likely N-dealkylation sites (tertiary alicyclic amines) is 1. The fraction of sp³-hybridized carbons (Fsp3) is 0.688. The molecular weight excluding hydrogens is 234 g/mol. The number of rotatable bonds is 5. The zero-order chi connectivity index (χ0) is 13.5. The molecule has 106 valence electrons. The quantitative estimate of drug-likeness (QED) is 0.879. The molecule has 1 aliphatic heterocycles. The van der Waals surface area contributed by atoms with Gasteiger partial charge < -0.3 is 5.32 Å². The standard InChI is InChI=1S/C16H27N3/c1-3-9-17-16-15(7-4-10-18-16)13-19-11-5-6-14(2)8-12-19/h4,7,10,14H,3,5-6,8-9,11-13H2,1-2H3,(H,17,18). The van der Waals surface area contributed by atoms with Gasteiger partial charge in [-0.25, -0.2) is 4.98 Å². The van der Waals surface area contributed by atoms with Crippen LogP contribution in [-0.4, -0.2) is 29.5 Å². The van der Waals surface area contributed by atoms with Crippen LogP contribution in [0.1, 0.15) is 45.1 Å². The maximum absolute atomic E-state index is 4.48. The Morgan fingerprint density at radius 2 is 2.26 bits per heavy atom. The van der Waals surface area contributed by atoms with E-state index in [1.807, 2.05) is 12.3 Å². The van der Waals surface area contributed by atoms with Crippen molar-refractivity contribution in [1.82, 2.24) is 9.88 Å². The summed E-state index contributed by atoms with van der Waals surface area (Å²) in [6, 6.07) is 4.26. The van der Waals surface area contributed by atoms with Crippen LogP contribution in [-0.2, 0) is 6.54 Å². The van der Waals surface area contributed by atoms with Gasteiger partial charge in [0.05, 0.1) is 0 Å². The van der Waals surface area contributed by atoms with Crippen molar-refractivity contribution < 1.29 is 0 Å². The van der Waals surface area contributed by atoms with Crippen molar-refractivity contribution in [3.8, 4) is 0 Å². The molecule has 3 nitrogen and oxygen atoms in total. The number of anilines is 1. The summed E-state index contributed by atoms with van der Waals surface area (Å²) in [6.07, 6.45) is 7.06. The minimum atomic E-state index is 0.886. The zero-order valence-electron chi connectivity index (χ0n) is 12.4.